The Kier molecular flexibility index (Phi) is 9.44. The van der Waals surface area contributed by atoms with Gasteiger partial charge in [-0.1, -0.05) is 40.0 Å². The van der Waals surface area contributed by atoms with Crippen molar-refractivity contribution in [1.29, 1.82) is 0 Å². The summed E-state index contributed by atoms with van der Waals surface area (Å²) in [5.74, 6) is 1.57. The third-order valence-electron chi connectivity index (χ3n) is 7.98. The van der Waals surface area contributed by atoms with Crippen LogP contribution in [0.15, 0.2) is 55.5 Å². The molecule has 2 aliphatic rings. The first kappa shape index (κ1) is 27.4. The number of nitrogens with zero attached hydrogens (tertiary/aromatic N) is 3. The molecule has 0 unspecified atom stereocenters. The standard InChI is InChI=1S/C32H47N5/c1-23(2)21-36-15-11-30(12-16-36)35-26(5)25(4)31-18-28(7-8-32(31)33-6)29-17-27(19-34-20-29)22-37-13-9-24(3)10-14-37/h7-8,17-20,23-24,30,33,35H,4-5,9-16,21-22H2,1-3,6H3. The van der Waals surface area contributed by atoms with E-state index >= 15 is 0 Å². The summed E-state index contributed by atoms with van der Waals surface area (Å²) in [7, 11) is 1.97. The van der Waals surface area contributed by atoms with E-state index in [2.05, 4.69) is 83.6 Å². The van der Waals surface area contributed by atoms with Gasteiger partial charge in [0.25, 0.3) is 0 Å². The molecule has 2 aromatic rings. The van der Waals surface area contributed by atoms with Gasteiger partial charge < -0.3 is 15.5 Å². The maximum Gasteiger partial charge on any atom is 0.0418 e. The minimum absolute atomic E-state index is 0.451. The highest BCUT2D eigenvalue weighted by atomic mass is 15.1. The summed E-state index contributed by atoms with van der Waals surface area (Å²) in [5, 5.41) is 7.04. The molecule has 5 nitrogen and oxygen atoms in total. The Morgan fingerprint density at radius 2 is 1.68 bits per heavy atom. The average Bonchev–Trinajstić information content (AvgIpc) is 2.90. The predicted molar refractivity (Wildman–Crippen MR) is 159 cm³/mol. The van der Waals surface area contributed by atoms with Gasteiger partial charge in [-0.05, 0) is 85.5 Å². The minimum Gasteiger partial charge on any atom is -0.388 e. The van der Waals surface area contributed by atoms with Gasteiger partial charge in [-0.15, -0.1) is 0 Å². The zero-order valence-electron chi connectivity index (χ0n) is 23.5. The van der Waals surface area contributed by atoms with Gasteiger partial charge in [-0.3, -0.25) is 9.88 Å². The summed E-state index contributed by atoms with van der Waals surface area (Å²) in [5.41, 5.74) is 7.60. The maximum absolute atomic E-state index is 4.60. The highest BCUT2D eigenvalue weighted by Crippen LogP contribution is 2.32. The molecular formula is C32H47N5. The molecule has 0 aliphatic carbocycles. The number of nitrogens with one attached hydrogen (secondary N) is 2. The maximum atomic E-state index is 4.60. The third kappa shape index (κ3) is 7.45. The van der Waals surface area contributed by atoms with Crippen molar-refractivity contribution < 1.29 is 0 Å². The Morgan fingerprint density at radius 3 is 2.35 bits per heavy atom. The third-order valence-corrected chi connectivity index (χ3v) is 7.98. The van der Waals surface area contributed by atoms with E-state index in [9.17, 15) is 0 Å². The quantitative estimate of drug-likeness (QED) is 0.376. The molecule has 2 saturated heterocycles. The fraction of sp³-hybridized carbons (Fsp3) is 0.531. The van der Waals surface area contributed by atoms with Crippen molar-refractivity contribution in [2.75, 3.05) is 45.1 Å². The first-order chi connectivity index (χ1) is 17.8. The van der Waals surface area contributed by atoms with Gasteiger partial charge >= 0.3 is 0 Å². The van der Waals surface area contributed by atoms with Crippen molar-refractivity contribution in [3.63, 3.8) is 0 Å². The van der Waals surface area contributed by atoms with Gasteiger partial charge in [-0.25, -0.2) is 0 Å². The molecule has 0 radical (unpaired) electrons. The first-order valence-corrected chi connectivity index (χ1v) is 14.2. The van der Waals surface area contributed by atoms with Crippen molar-refractivity contribution in [3.05, 3.63) is 66.6 Å². The molecule has 200 valence electrons. The van der Waals surface area contributed by atoms with E-state index in [1.165, 1.54) is 38.0 Å². The number of rotatable bonds is 10. The van der Waals surface area contributed by atoms with Crippen LogP contribution >= 0.6 is 0 Å². The Bertz CT molecular complexity index is 1060. The Hall–Kier alpha value is -2.63. The summed E-state index contributed by atoms with van der Waals surface area (Å²) in [4.78, 5) is 9.73. The number of hydrogen-bond donors (Lipinski definition) is 2. The van der Waals surface area contributed by atoms with Gasteiger partial charge in [0.15, 0.2) is 0 Å². The molecule has 2 N–H and O–H groups in total. The van der Waals surface area contributed by atoms with Crippen molar-refractivity contribution in [2.45, 2.75) is 59.0 Å². The van der Waals surface area contributed by atoms with E-state index in [-0.39, 0.29) is 0 Å². The monoisotopic (exact) mass is 501 g/mol. The van der Waals surface area contributed by atoms with Crippen molar-refractivity contribution >= 4 is 11.3 Å². The highest BCUT2D eigenvalue weighted by Gasteiger charge is 2.21. The second-order valence-electron chi connectivity index (χ2n) is 11.6. The molecule has 5 heteroatoms. The summed E-state index contributed by atoms with van der Waals surface area (Å²) in [6, 6.07) is 9.30. The molecule has 0 atom stereocenters. The zero-order valence-corrected chi connectivity index (χ0v) is 23.5. The predicted octanol–water partition coefficient (Wildman–Crippen LogP) is 6.26. The lowest BCUT2D eigenvalue weighted by Gasteiger charge is -2.34. The molecule has 1 aromatic heterocycles. The summed E-state index contributed by atoms with van der Waals surface area (Å²) < 4.78 is 0. The minimum atomic E-state index is 0.451. The number of likely N-dealkylation sites (tertiary alicyclic amines) is 2. The fourth-order valence-electron chi connectivity index (χ4n) is 5.67. The highest BCUT2D eigenvalue weighted by molar-refractivity contribution is 5.86. The fourth-order valence-corrected chi connectivity index (χ4v) is 5.67. The average molecular weight is 502 g/mol. The number of benzene rings is 1. The van der Waals surface area contributed by atoms with Gasteiger partial charge in [0, 0.05) is 74.2 Å². The van der Waals surface area contributed by atoms with E-state index in [4.69, 9.17) is 0 Å². The largest absolute Gasteiger partial charge is 0.388 e. The molecule has 0 spiro atoms. The molecule has 2 fully saturated rings. The van der Waals surface area contributed by atoms with Gasteiger partial charge in [-0.2, -0.15) is 0 Å². The lowest BCUT2D eigenvalue weighted by Crippen LogP contribution is -2.43. The smallest absolute Gasteiger partial charge is 0.0418 e. The van der Waals surface area contributed by atoms with Gasteiger partial charge in [0.1, 0.15) is 0 Å². The summed E-state index contributed by atoms with van der Waals surface area (Å²) in [6.07, 6.45) is 8.86. The van der Waals surface area contributed by atoms with Crippen LogP contribution in [0.4, 0.5) is 5.69 Å². The number of piperidine rings is 2. The van der Waals surface area contributed by atoms with Crippen molar-refractivity contribution in [3.8, 4) is 11.1 Å². The van der Waals surface area contributed by atoms with Crippen LogP contribution in [0.2, 0.25) is 0 Å². The number of aromatic nitrogens is 1. The first-order valence-electron chi connectivity index (χ1n) is 14.2. The van der Waals surface area contributed by atoms with Crippen molar-refractivity contribution in [1.82, 2.24) is 20.1 Å². The van der Waals surface area contributed by atoms with Crippen molar-refractivity contribution in [2.24, 2.45) is 11.8 Å². The van der Waals surface area contributed by atoms with E-state index in [1.54, 1.807) is 0 Å². The van der Waals surface area contributed by atoms with Crippen LogP contribution in [0.3, 0.4) is 0 Å². The molecule has 3 heterocycles. The summed E-state index contributed by atoms with van der Waals surface area (Å²) in [6.45, 7) is 22.6. The van der Waals surface area contributed by atoms with E-state index in [0.29, 0.717) is 6.04 Å². The second kappa shape index (κ2) is 12.7. The lowest BCUT2D eigenvalue weighted by atomic mass is 9.95. The van der Waals surface area contributed by atoms with Crippen LogP contribution in [0.25, 0.3) is 16.7 Å². The Labute approximate surface area is 225 Å². The van der Waals surface area contributed by atoms with E-state index < -0.39 is 0 Å². The SMILES string of the molecule is C=C(NC1CCN(CC(C)C)CC1)C(=C)c1cc(-c2cncc(CN3CCC(C)CC3)c2)ccc1NC. The van der Waals surface area contributed by atoms with E-state index in [0.717, 1.165) is 78.0 Å². The topological polar surface area (TPSA) is 43.4 Å². The Balaban J connectivity index is 1.43. The number of hydrogen-bond acceptors (Lipinski definition) is 5. The van der Waals surface area contributed by atoms with Gasteiger partial charge in [0.2, 0.25) is 0 Å². The number of pyridine rings is 1. The molecule has 37 heavy (non-hydrogen) atoms. The molecule has 0 bridgehead atoms. The van der Waals surface area contributed by atoms with Crippen LogP contribution in [0.1, 0.15) is 57.6 Å². The molecule has 1 aromatic carbocycles. The van der Waals surface area contributed by atoms with Gasteiger partial charge in [0.05, 0.1) is 0 Å². The second-order valence-corrected chi connectivity index (χ2v) is 11.6. The Morgan fingerprint density at radius 1 is 0.973 bits per heavy atom. The molecule has 0 amide bonds. The summed E-state index contributed by atoms with van der Waals surface area (Å²) >= 11 is 0. The lowest BCUT2D eigenvalue weighted by molar-refractivity contribution is 0.184. The van der Waals surface area contributed by atoms with E-state index in [1.807, 2.05) is 19.4 Å². The number of anilines is 1. The van der Waals surface area contributed by atoms with Crippen LogP contribution in [-0.4, -0.2) is 60.6 Å². The van der Waals surface area contributed by atoms with Crippen LogP contribution in [-0.2, 0) is 6.54 Å². The molecule has 0 saturated carbocycles. The molecular weight excluding hydrogens is 454 g/mol. The van der Waals surface area contributed by atoms with Crippen LogP contribution in [0.5, 0.6) is 0 Å². The van der Waals surface area contributed by atoms with Crippen LogP contribution < -0.4 is 10.6 Å². The molecule has 2 aliphatic heterocycles. The number of allylic oxidation sites excluding steroid dienone is 1. The normalized spacial score (nSPS) is 18.2. The van der Waals surface area contributed by atoms with Crippen LogP contribution in [0, 0.1) is 11.8 Å². The zero-order chi connectivity index (χ0) is 26.4. The molecule has 4 rings (SSSR count).